The van der Waals surface area contributed by atoms with Crippen LogP contribution in [0.1, 0.15) is 19.8 Å². The number of carbonyl (C=O) groups excluding carboxylic acids is 1. The molecule has 0 aromatic rings. The number of rotatable bonds is 2. The van der Waals surface area contributed by atoms with E-state index in [1.54, 1.807) is 0 Å². The maximum absolute atomic E-state index is 11.1. The van der Waals surface area contributed by atoms with Crippen molar-refractivity contribution in [1.29, 1.82) is 0 Å². The van der Waals surface area contributed by atoms with E-state index in [0.717, 1.165) is 6.42 Å². The fourth-order valence-electron chi connectivity index (χ4n) is 1.28. The van der Waals surface area contributed by atoms with Gasteiger partial charge in [-0.3, -0.25) is 4.79 Å². The highest BCUT2D eigenvalue weighted by Crippen LogP contribution is 2.24. The third-order valence-electron chi connectivity index (χ3n) is 1.97. The summed E-state index contributed by atoms with van der Waals surface area (Å²) in [4.78, 5) is 11.1. The molecule has 1 nitrogen and oxygen atoms in total. The highest BCUT2D eigenvalue weighted by molar-refractivity contribution is 5.88. The second kappa shape index (κ2) is 2.82. The minimum atomic E-state index is 0.150. The summed E-state index contributed by atoms with van der Waals surface area (Å²) < 4.78 is 0. The molecule has 0 unspecified atom stereocenters. The zero-order chi connectivity index (χ0) is 7.56. The van der Waals surface area contributed by atoms with E-state index in [-0.39, 0.29) is 5.92 Å². The lowest BCUT2D eigenvalue weighted by atomic mass is 9.98. The molecular formula is C9H12O. The number of hydrogen-bond acceptors (Lipinski definition) is 1. The van der Waals surface area contributed by atoms with Crippen molar-refractivity contribution in [3.05, 3.63) is 24.3 Å². The van der Waals surface area contributed by atoms with Gasteiger partial charge in [0.2, 0.25) is 0 Å². The van der Waals surface area contributed by atoms with E-state index >= 15 is 0 Å². The quantitative estimate of drug-likeness (QED) is 0.531. The van der Waals surface area contributed by atoms with Crippen LogP contribution in [-0.2, 0) is 4.79 Å². The first-order valence-corrected chi connectivity index (χ1v) is 3.56. The Labute approximate surface area is 61.4 Å². The van der Waals surface area contributed by atoms with Crippen molar-refractivity contribution in [1.82, 2.24) is 0 Å². The van der Waals surface area contributed by atoms with Gasteiger partial charge in [0.05, 0.1) is 0 Å². The summed E-state index contributed by atoms with van der Waals surface area (Å²) >= 11 is 0. The first-order valence-electron chi connectivity index (χ1n) is 3.56. The molecule has 0 radical (unpaired) electrons. The second-order valence-electron chi connectivity index (χ2n) is 2.70. The van der Waals surface area contributed by atoms with Gasteiger partial charge in [0, 0.05) is 12.3 Å². The Kier molecular flexibility index (Phi) is 2.05. The lowest BCUT2D eigenvalue weighted by Crippen LogP contribution is -2.07. The number of allylic oxidation sites excluding steroid dienone is 3. The molecule has 0 saturated carbocycles. The van der Waals surface area contributed by atoms with Crippen molar-refractivity contribution >= 4 is 5.78 Å². The Morgan fingerprint density at radius 3 is 3.00 bits per heavy atom. The molecule has 0 amide bonds. The fraction of sp³-hybridized carbons (Fsp3) is 0.444. The molecule has 1 heteroatoms. The predicted molar refractivity (Wildman–Crippen MR) is 41.7 cm³/mol. The van der Waals surface area contributed by atoms with Gasteiger partial charge < -0.3 is 0 Å². The first-order chi connectivity index (χ1) is 4.75. The van der Waals surface area contributed by atoms with Crippen LogP contribution in [0.2, 0.25) is 0 Å². The average Bonchev–Trinajstić information content (AvgIpc) is 2.20. The molecule has 0 saturated heterocycles. The van der Waals surface area contributed by atoms with Gasteiger partial charge in [0.1, 0.15) is 5.78 Å². The number of ketones is 1. The van der Waals surface area contributed by atoms with E-state index in [1.807, 2.05) is 19.1 Å². The van der Waals surface area contributed by atoms with Crippen molar-refractivity contribution in [3.63, 3.8) is 0 Å². The van der Waals surface area contributed by atoms with Crippen LogP contribution in [0.15, 0.2) is 24.3 Å². The van der Waals surface area contributed by atoms with Crippen LogP contribution >= 0.6 is 0 Å². The minimum Gasteiger partial charge on any atom is -0.299 e. The van der Waals surface area contributed by atoms with E-state index in [2.05, 4.69) is 6.58 Å². The Bertz CT molecular complexity index is 189. The predicted octanol–water partition coefficient (Wildman–Crippen LogP) is 2.10. The highest BCUT2D eigenvalue weighted by Gasteiger charge is 2.22. The maximum atomic E-state index is 11.1. The summed E-state index contributed by atoms with van der Waals surface area (Å²) in [7, 11) is 0. The van der Waals surface area contributed by atoms with E-state index in [1.165, 1.54) is 5.57 Å². The van der Waals surface area contributed by atoms with Gasteiger partial charge in [0.15, 0.2) is 0 Å². The Balaban J connectivity index is 2.64. The normalized spacial score (nSPS) is 24.7. The van der Waals surface area contributed by atoms with Gasteiger partial charge in [-0.2, -0.15) is 0 Å². The third kappa shape index (κ3) is 1.18. The molecule has 0 bridgehead atoms. The number of hydrogen-bond donors (Lipinski definition) is 0. The van der Waals surface area contributed by atoms with Crippen LogP contribution < -0.4 is 0 Å². The van der Waals surface area contributed by atoms with Crippen LogP contribution in [0.25, 0.3) is 0 Å². The van der Waals surface area contributed by atoms with Crippen molar-refractivity contribution < 1.29 is 4.79 Å². The largest absolute Gasteiger partial charge is 0.299 e. The molecule has 0 fully saturated rings. The Hall–Kier alpha value is -0.850. The maximum Gasteiger partial charge on any atom is 0.144 e. The molecule has 10 heavy (non-hydrogen) atoms. The summed E-state index contributed by atoms with van der Waals surface area (Å²) in [6.07, 6.45) is 5.26. The van der Waals surface area contributed by atoms with Gasteiger partial charge in [-0.1, -0.05) is 17.7 Å². The van der Waals surface area contributed by atoms with E-state index < -0.39 is 0 Å². The minimum absolute atomic E-state index is 0.150. The smallest absolute Gasteiger partial charge is 0.144 e. The second-order valence-corrected chi connectivity index (χ2v) is 2.70. The molecule has 0 N–H and O–H groups in total. The summed E-state index contributed by atoms with van der Waals surface area (Å²) in [5.74, 6) is 0.495. The molecule has 0 spiro atoms. The van der Waals surface area contributed by atoms with Gasteiger partial charge >= 0.3 is 0 Å². The zero-order valence-electron chi connectivity index (χ0n) is 6.26. The van der Waals surface area contributed by atoms with Gasteiger partial charge in [-0.25, -0.2) is 0 Å². The fourth-order valence-corrected chi connectivity index (χ4v) is 1.28. The van der Waals surface area contributed by atoms with Crippen LogP contribution in [0.4, 0.5) is 0 Å². The SMILES string of the molecule is C=CC[C@@H]1C(=O)CC=C1C. The van der Waals surface area contributed by atoms with Crippen molar-refractivity contribution in [2.45, 2.75) is 19.8 Å². The molecule has 1 atom stereocenters. The molecule has 0 aliphatic heterocycles. The average molecular weight is 136 g/mol. The highest BCUT2D eigenvalue weighted by atomic mass is 16.1. The molecule has 0 aromatic heterocycles. The molecule has 1 aliphatic carbocycles. The lowest BCUT2D eigenvalue weighted by molar-refractivity contribution is -0.120. The van der Waals surface area contributed by atoms with Crippen LogP contribution in [0, 0.1) is 5.92 Å². The van der Waals surface area contributed by atoms with Crippen molar-refractivity contribution in [3.8, 4) is 0 Å². The van der Waals surface area contributed by atoms with Crippen molar-refractivity contribution in [2.75, 3.05) is 0 Å². The molecule has 1 aliphatic rings. The number of Topliss-reactive ketones (excluding diaryl/α,β-unsaturated/α-hetero) is 1. The molecule has 1 rings (SSSR count). The van der Waals surface area contributed by atoms with Crippen LogP contribution in [0.5, 0.6) is 0 Å². The van der Waals surface area contributed by atoms with Crippen LogP contribution in [-0.4, -0.2) is 5.78 Å². The van der Waals surface area contributed by atoms with E-state index in [0.29, 0.717) is 12.2 Å². The lowest BCUT2D eigenvalue weighted by Gasteiger charge is -2.05. The van der Waals surface area contributed by atoms with Gasteiger partial charge in [-0.15, -0.1) is 6.58 Å². The monoisotopic (exact) mass is 136 g/mol. The zero-order valence-corrected chi connectivity index (χ0v) is 6.26. The summed E-state index contributed by atoms with van der Waals surface area (Å²) in [6.45, 7) is 5.63. The van der Waals surface area contributed by atoms with Crippen LogP contribution in [0.3, 0.4) is 0 Å². The Morgan fingerprint density at radius 1 is 1.90 bits per heavy atom. The number of carbonyl (C=O) groups is 1. The molecular weight excluding hydrogens is 124 g/mol. The summed E-state index contributed by atoms with van der Waals surface area (Å²) in [5.41, 5.74) is 1.21. The topological polar surface area (TPSA) is 17.1 Å². The summed E-state index contributed by atoms with van der Waals surface area (Å²) in [6, 6.07) is 0. The van der Waals surface area contributed by atoms with Gasteiger partial charge in [0.25, 0.3) is 0 Å². The van der Waals surface area contributed by atoms with Gasteiger partial charge in [-0.05, 0) is 13.3 Å². The first kappa shape index (κ1) is 7.26. The van der Waals surface area contributed by atoms with E-state index in [4.69, 9.17) is 0 Å². The van der Waals surface area contributed by atoms with Crippen molar-refractivity contribution in [2.24, 2.45) is 5.92 Å². The molecule has 0 heterocycles. The Morgan fingerprint density at radius 2 is 2.60 bits per heavy atom. The third-order valence-corrected chi connectivity index (χ3v) is 1.97. The molecule has 0 aromatic carbocycles. The van der Waals surface area contributed by atoms with E-state index in [9.17, 15) is 4.79 Å². The summed E-state index contributed by atoms with van der Waals surface area (Å²) in [5, 5.41) is 0. The molecule has 54 valence electrons. The standard InChI is InChI=1S/C9H12O/c1-3-4-8-7(2)5-6-9(8)10/h3,5,8H,1,4,6H2,2H3/t8-/m0/s1.